The van der Waals surface area contributed by atoms with Crippen molar-refractivity contribution >= 4 is 21.6 Å². The molecule has 0 saturated carbocycles. The van der Waals surface area contributed by atoms with Gasteiger partial charge in [0.1, 0.15) is 16.4 Å². The second kappa shape index (κ2) is 6.45. The summed E-state index contributed by atoms with van der Waals surface area (Å²) in [5, 5.41) is 3.64. The van der Waals surface area contributed by atoms with Crippen LogP contribution in [0.15, 0.2) is 57.6 Å². The number of rotatable bonds is 4. The van der Waals surface area contributed by atoms with Crippen LogP contribution in [0.3, 0.4) is 0 Å². The van der Waals surface area contributed by atoms with Gasteiger partial charge >= 0.3 is 10.1 Å². The van der Waals surface area contributed by atoms with E-state index in [2.05, 4.69) is 9.44 Å². The molecule has 2 rings (SSSR count). The summed E-state index contributed by atoms with van der Waals surface area (Å²) < 4.78 is 41.5. The zero-order chi connectivity index (χ0) is 17.2. The summed E-state index contributed by atoms with van der Waals surface area (Å²) >= 11 is 0. The van der Waals surface area contributed by atoms with Crippen LogP contribution < -0.4 is 0 Å². The molecule has 1 aromatic carbocycles. The summed E-state index contributed by atoms with van der Waals surface area (Å²) in [4.78, 5) is 11.6. The molecule has 122 valence electrons. The van der Waals surface area contributed by atoms with Gasteiger partial charge in [0, 0.05) is 5.57 Å². The number of carbonyl (C=O) groups is 1. The van der Waals surface area contributed by atoms with Crippen molar-refractivity contribution in [3.8, 4) is 0 Å². The predicted molar refractivity (Wildman–Crippen MR) is 83.8 cm³/mol. The van der Waals surface area contributed by atoms with Gasteiger partial charge in [0.15, 0.2) is 5.78 Å². The highest BCUT2D eigenvalue weighted by Gasteiger charge is 2.21. The molecule has 7 heteroatoms. The van der Waals surface area contributed by atoms with Crippen molar-refractivity contribution in [3.63, 3.8) is 0 Å². The molecule has 0 spiro atoms. The van der Waals surface area contributed by atoms with Gasteiger partial charge in [0.05, 0.1) is 0 Å². The molecular formula is C16H16FNO4S. The molecule has 0 fully saturated rings. The van der Waals surface area contributed by atoms with Crippen molar-refractivity contribution in [1.82, 2.24) is 0 Å². The third kappa shape index (κ3) is 3.92. The number of hydrogen-bond acceptors (Lipinski definition) is 5. The number of carbonyl (C=O) groups excluding carboxylic acids is 1. The van der Waals surface area contributed by atoms with Crippen LogP contribution in [-0.2, 0) is 19.2 Å². The average molecular weight is 337 g/mol. The van der Waals surface area contributed by atoms with Crippen LogP contribution in [0.2, 0.25) is 0 Å². The molecule has 5 nitrogen and oxygen atoms in total. The Morgan fingerprint density at radius 1 is 1.13 bits per heavy atom. The van der Waals surface area contributed by atoms with Gasteiger partial charge in [-0.15, -0.1) is 0 Å². The summed E-state index contributed by atoms with van der Waals surface area (Å²) in [7, 11) is -4.15. The van der Waals surface area contributed by atoms with E-state index in [-0.39, 0.29) is 22.3 Å². The van der Waals surface area contributed by atoms with E-state index in [0.29, 0.717) is 11.1 Å². The van der Waals surface area contributed by atoms with Gasteiger partial charge in [-0.2, -0.15) is 8.42 Å². The molecule has 0 atom stereocenters. The molecule has 1 aliphatic rings. The fraction of sp³-hybridized carbons (Fsp3) is 0.250. The fourth-order valence-corrected chi connectivity index (χ4v) is 2.70. The lowest BCUT2D eigenvalue weighted by atomic mass is 9.90. The zero-order valence-corrected chi connectivity index (χ0v) is 13.7. The van der Waals surface area contributed by atoms with Crippen LogP contribution in [0.4, 0.5) is 4.39 Å². The Labute approximate surface area is 134 Å². The first-order chi connectivity index (χ1) is 10.7. The van der Waals surface area contributed by atoms with Crippen molar-refractivity contribution in [3.05, 3.63) is 53.4 Å². The van der Waals surface area contributed by atoms with E-state index >= 15 is 0 Å². The van der Waals surface area contributed by atoms with E-state index in [1.54, 1.807) is 6.92 Å². The molecule has 23 heavy (non-hydrogen) atoms. The first-order valence-electron chi connectivity index (χ1n) is 6.92. The van der Waals surface area contributed by atoms with Crippen LogP contribution in [0, 0.1) is 11.7 Å². The van der Waals surface area contributed by atoms with E-state index in [1.165, 1.54) is 12.2 Å². The standard InChI is InChI=1S/C16H16FNO4S/c1-10(2)14-9-15(11(3)8-16(14)19)18-22-23(20,21)13-6-4-12(17)5-7-13/h4-10H,1-3H3/b18-15+. The van der Waals surface area contributed by atoms with Crippen LogP contribution in [0.1, 0.15) is 20.8 Å². The maximum Gasteiger partial charge on any atom is 0.358 e. The minimum absolute atomic E-state index is 0.0224. The van der Waals surface area contributed by atoms with Gasteiger partial charge in [-0.1, -0.05) is 19.0 Å². The number of allylic oxidation sites excluding steroid dienone is 4. The Kier molecular flexibility index (Phi) is 4.79. The van der Waals surface area contributed by atoms with Gasteiger partial charge in [-0.05, 0) is 54.8 Å². The monoisotopic (exact) mass is 337 g/mol. The second-order valence-corrected chi connectivity index (χ2v) is 6.93. The average Bonchev–Trinajstić information content (AvgIpc) is 2.46. The molecule has 1 aliphatic carbocycles. The third-order valence-corrected chi connectivity index (χ3v) is 4.41. The van der Waals surface area contributed by atoms with Gasteiger partial charge in [-0.3, -0.25) is 9.08 Å². The van der Waals surface area contributed by atoms with E-state index in [1.807, 2.05) is 13.8 Å². The number of oxime groups is 1. The zero-order valence-electron chi connectivity index (χ0n) is 12.9. The molecule has 1 aromatic rings. The summed E-state index contributed by atoms with van der Waals surface area (Å²) in [5.41, 5.74) is 1.30. The van der Waals surface area contributed by atoms with Crippen molar-refractivity contribution < 1.29 is 21.9 Å². The molecule has 0 radical (unpaired) electrons. The number of hydrogen-bond donors (Lipinski definition) is 0. The van der Waals surface area contributed by atoms with Gasteiger partial charge in [0.2, 0.25) is 0 Å². The van der Waals surface area contributed by atoms with E-state index < -0.39 is 15.9 Å². The fourth-order valence-electron chi connectivity index (χ4n) is 1.97. The lowest BCUT2D eigenvalue weighted by Gasteiger charge is -2.14. The summed E-state index contributed by atoms with van der Waals surface area (Å²) in [6.45, 7) is 5.34. The van der Waals surface area contributed by atoms with Crippen molar-refractivity contribution in [2.24, 2.45) is 11.1 Å². The van der Waals surface area contributed by atoms with Crippen molar-refractivity contribution in [2.45, 2.75) is 25.7 Å². The Morgan fingerprint density at radius 3 is 2.30 bits per heavy atom. The van der Waals surface area contributed by atoms with E-state index in [9.17, 15) is 17.6 Å². The minimum Gasteiger partial charge on any atom is -0.290 e. The van der Waals surface area contributed by atoms with Crippen LogP contribution in [-0.4, -0.2) is 19.9 Å². The minimum atomic E-state index is -4.15. The number of benzene rings is 1. The highest BCUT2D eigenvalue weighted by atomic mass is 32.2. The molecule has 0 bridgehead atoms. The highest BCUT2D eigenvalue weighted by Crippen LogP contribution is 2.20. The number of halogens is 1. The molecular weight excluding hydrogens is 321 g/mol. The predicted octanol–water partition coefficient (Wildman–Crippen LogP) is 3.00. The summed E-state index contributed by atoms with van der Waals surface area (Å²) in [6.07, 6.45) is 2.91. The Hall–Kier alpha value is -2.28. The second-order valence-electron chi connectivity index (χ2n) is 5.41. The Morgan fingerprint density at radius 2 is 1.74 bits per heavy atom. The first kappa shape index (κ1) is 17.1. The lowest BCUT2D eigenvalue weighted by Crippen LogP contribution is -2.16. The topological polar surface area (TPSA) is 72.8 Å². The van der Waals surface area contributed by atoms with Crippen LogP contribution >= 0.6 is 0 Å². The normalized spacial score (nSPS) is 17.3. The van der Waals surface area contributed by atoms with Gasteiger partial charge in [-0.25, -0.2) is 4.39 Å². The molecule has 0 N–H and O–H groups in total. The quantitative estimate of drug-likeness (QED) is 0.625. The number of nitrogens with zero attached hydrogens (tertiary/aromatic N) is 1. The van der Waals surface area contributed by atoms with Crippen molar-refractivity contribution in [2.75, 3.05) is 0 Å². The molecule has 0 saturated heterocycles. The Balaban J connectivity index is 2.29. The first-order valence-corrected chi connectivity index (χ1v) is 8.33. The maximum absolute atomic E-state index is 12.8. The molecule has 0 unspecified atom stereocenters. The number of ketones is 1. The van der Waals surface area contributed by atoms with Crippen LogP contribution in [0.25, 0.3) is 0 Å². The maximum atomic E-state index is 12.8. The molecule has 0 amide bonds. The smallest absolute Gasteiger partial charge is 0.290 e. The highest BCUT2D eigenvalue weighted by molar-refractivity contribution is 7.86. The van der Waals surface area contributed by atoms with E-state index in [4.69, 9.17) is 0 Å². The third-order valence-electron chi connectivity index (χ3n) is 3.29. The molecule has 0 aliphatic heterocycles. The van der Waals surface area contributed by atoms with Crippen LogP contribution in [0.5, 0.6) is 0 Å². The largest absolute Gasteiger partial charge is 0.358 e. The molecule has 0 heterocycles. The summed E-state index contributed by atoms with van der Waals surface area (Å²) in [6, 6.07) is 4.22. The lowest BCUT2D eigenvalue weighted by molar-refractivity contribution is -0.111. The SMILES string of the molecule is CC1=CC(=O)C(C(C)C)=C/C1=N\OS(=O)(=O)c1ccc(F)cc1. The van der Waals surface area contributed by atoms with Gasteiger partial charge in [0.25, 0.3) is 0 Å². The molecule has 0 aromatic heterocycles. The van der Waals surface area contributed by atoms with Crippen molar-refractivity contribution in [1.29, 1.82) is 0 Å². The Bertz CT molecular complexity index is 818. The summed E-state index contributed by atoms with van der Waals surface area (Å²) in [5.74, 6) is -0.701. The van der Waals surface area contributed by atoms with Gasteiger partial charge < -0.3 is 0 Å². The van der Waals surface area contributed by atoms with E-state index in [0.717, 1.165) is 24.3 Å².